The number of rotatable bonds is 4. The second-order valence-electron chi connectivity index (χ2n) is 8.15. The topological polar surface area (TPSA) is 71.5 Å². The molecule has 0 fully saturated rings. The highest BCUT2D eigenvalue weighted by Crippen LogP contribution is 2.29. The first-order chi connectivity index (χ1) is 15.3. The van der Waals surface area contributed by atoms with Crippen LogP contribution in [0.2, 0.25) is 0 Å². The summed E-state index contributed by atoms with van der Waals surface area (Å²) < 4.78 is 32.3. The van der Waals surface area contributed by atoms with Gasteiger partial charge in [0.2, 0.25) is 0 Å². The molecule has 4 rings (SSSR count). The Bertz CT molecular complexity index is 1200. The Morgan fingerprint density at radius 3 is 2.69 bits per heavy atom. The van der Waals surface area contributed by atoms with Crippen molar-refractivity contribution in [3.05, 3.63) is 70.9 Å². The first-order valence-corrected chi connectivity index (χ1v) is 10.4. The van der Waals surface area contributed by atoms with Gasteiger partial charge in [-0.25, -0.2) is 13.6 Å². The molecule has 166 valence electrons. The van der Waals surface area contributed by atoms with Gasteiger partial charge in [-0.1, -0.05) is 32.0 Å². The average molecular weight is 439 g/mol. The molecule has 2 amide bonds. The first-order valence-electron chi connectivity index (χ1n) is 10.4. The van der Waals surface area contributed by atoms with E-state index in [2.05, 4.69) is 5.32 Å². The van der Waals surface area contributed by atoms with E-state index in [0.29, 0.717) is 41.6 Å². The first kappa shape index (κ1) is 21.7. The minimum Gasteiger partial charge on any atom is -0.449 e. The lowest BCUT2D eigenvalue weighted by molar-refractivity contribution is 0.0870. The molecule has 3 aromatic rings. The fourth-order valence-electron chi connectivity index (χ4n) is 3.70. The number of carbonyl (C=O) groups excluding carboxylic acids is 2. The van der Waals surface area contributed by atoms with Crippen LogP contribution < -0.4 is 5.32 Å². The molecule has 32 heavy (non-hydrogen) atoms. The number of aromatic nitrogens is 1. The number of fused-ring (bicyclic) bond motifs is 2. The molecule has 1 aromatic heterocycles. The molecule has 6 nitrogen and oxygen atoms in total. The smallest absolute Gasteiger partial charge is 0.410 e. The van der Waals surface area contributed by atoms with Gasteiger partial charge in [0.05, 0.1) is 24.2 Å². The van der Waals surface area contributed by atoms with Crippen LogP contribution >= 0.6 is 0 Å². The Morgan fingerprint density at radius 1 is 1.16 bits per heavy atom. The molecule has 0 radical (unpaired) electrons. The normalized spacial score (nSPS) is 13.2. The Balaban J connectivity index is 1.71. The van der Waals surface area contributed by atoms with Crippen molar-refractivity contribution in [2.24, 2.45) is 5.92 Å². The van der Waals surface area contributed by atoms with Crippen LogP contribution in [-0.2, 0) is 17.7 Å². The highest BCUT2D eigenvalue weighted by molar-refractivity contribution is 6.13. The minimum absolute atomic E-state index is 0.132. The van der Waals surface area contributed by atoms with Crippen molar-refractivity contribution in [2.75, 3.05) is 18.5 Å². The van der Waals surface area contributed by atoms with Crippen LogP contribution in [-0.4, -0.2) is 35.0 Å². The standard InChI is InChI=1S/C24H23F2N3O3/c1-14(2)13-32-24(31)29-10-9-21-17(12-29)22(16-5-3-4-6-20(16)28-21)23(30)27-15-7-8-18(25)19(26)11-15/h3-8,11,14H,9-10,12-13H2,1-2H3,(H,27,30). The number of carbonyl (C=O) groups is 2. The zero-order valence-corrected chi connectivity index (χ0v) is 17.8. The molecule has 0 saturated carbocycles. The summed E-state index contributed by atoms with van der Waals surface area (Å²) in [5.74, 6) is -2.32. The Labute approximate surface area is 184 Å². The van der Waals surface area contributed by atoms with Crippen molar-refractivity contribution in [3.63, 3.8) is 0 Å². The number of hydrogen-bond acceptors (Lipinski definition) is 4. The van der Waals surface area contributed by atoms with Gasteiger partial charge in [0.25, 0.3) is 5.91 Å². The van der Waals surface area contributed by atoms with E-state index >= 15 is 0 Å². The van der Waals surface area contributed by atoms with Gasteiger partial charge in [-0.3, -0.25) is 9.78 Å². The zero-order chi connectivity index (χ0) is 22.8. The summed E-state index contributed by atoms with van der Waals surface area (Å²) in [7, 11) is 0. The number of para-hydroxylation sites is 1. The summed E-state index contributed by atoms with van der Waals surface area (Å²) in [6, 6.07) is 10.4. The summed E-state index contributed by atoms with van der Waals surface area (Å²) in [6.07, 6.45) is 0.0343. The van der Waals surface area contributed by atoms with E-state index in [0.717, 1.165) is 17.8 Å². The fraction of sp³-hybridized carbons (Fsp3) is 0.292. The molecule has 1 N–H and O–H groups in total. The van der Waals surface area contributed by atoms with Crippen molar-refractivity contribution in [2.45, 2.75) is 26.8 Å². The van der Waals surface area contributed by atoms with Crippen LogP contribution in [0.3, 0.4) is 0 Å². The Hall–Kier alpha value is -3.55. The Kier molecular flexibility index (Phi) is 6.03. The molecule has 0 unspecified atom stereocenters. The summed E-state index contributed by atoms with van der Waals surface area (Å²) in [6.45, 7) is 4.82. The molecule has 2 heterocycles. The molecular weight excluding hydrogens is 416 g/mol. The second-order valence-corrected chi connectivity index (χ2v) is 8.15. The summed E-state index contributed by atoms with van der Waals surface area (Å²) in [4.78, 5) is 32.1. The van der Waals surface area contributed by atoms with Gasteiger partial charge < -0.3 is 15.0 Å². The summed E-state index contributed by atoms with van der Waals surface area (Å²) >= 11 is 0. The van der Waals surface area contributed by atoms with Crippen LogP contribution in [0, 0.1) is 17.6 Å². The van der Waals surface area contributed by atoms with Gasteiger partial charge >= 0.3 is 6.09 Å². The predicted molar refractivity (Wildman–Crippen MR) is 116 cm³/mol. The number of benzene rings is 2. The molecule has 1 aliphatic rings. The zero-order valence-electron chi connectivity index (χ0n) is 17.8. The minimum atomic E-state index is -1.05. The van der Waals surface area contributed by atoms with Crippen molar-refractivity contribution in [3.8, 4) is 0 Å². The molecule has 0 spiro atoms. The third kappa shape index (κ3) is 4.39. The fourth-order valence-corrected chi connectivity index (χ4v) is 3.70. The maximum absolute atomic E-state index is 13.6. The lowest BCUT2D eigenvalue weighted by Gasteiger charge is -2.29. The summed E-state index contributed by atoms with van der Waals surface area (Å²) in [5, 5.41) is 3.26. The number of ether oxygens (including phenoxy) is 1. The van der Waals surface area contributed by atoms with Crippen LogP contribution in [0.1, 0.15) is 35.5 Å². The lowest BCUT2D eigenvalue weighted by atomic mass is 9.95. The van der Waals surface area contributed by atoms with Crippen LogP contribution in [0.4, 0.5) is 19.3 Å². The third-order valence-electron chi connectivity index (χ3n) is 5.25. The molecule has 1 aliphatic heterocycles. The molecule has 0 atom stereocenters. The van der Waals surface area contributed by atoms with Crippen LogP contribution in [0.25, 0.3) is 10.9 Å². The molecule has 2 aromatic carbocycles. The molecule has 8 heteroatoms. The van der Waals surface area contributed by atoms with Crippen LogP contribution in [0.5, 0.6) is 0 Å². The van der Waals surface area contributed by atoms with Crippen LogP contribution in [0.15, 0.2) is 42.5 Å². The van der Waals surface area contributed by atoms with E-state index < -0.39 is 23.6 Å². The molecule has 0 bridgehead atoms. The number of amides is 2. The van der Waals surface area contributed by atoms with Gasteiger partial charge in [-0.05, 0) is 24.1 Å². The van der Waals surface area contributed by atoms with Gasteiger partial charge in [0, 0.05) is 41.4 Å². The van der Waals surface area contributed by atoms with Crippen molar-refractivity contribution >= 4 is 28.6 Å². The number of nitrogens with zero attached hydrogens (tertiary/aromatic N) is 2. The monoisotopic (exact) mass is 439 g/mol. The van der Waals surface area contributed by atoms with E-state index in [1.165, 1.54) is 6.07 Å². The van der Waals surface area contributed by atoms with E-state index in [4.69, 9.17) is 9.72 Å². The van der Waals surface area contributed by atoms with Gasteiger partial charge in [-0.15, -0.1) is 0 Å². The Morgan fingerprint density at radius 2 is 1.94 bits per heavy atom. The number of anilines is 1. The third-order valence-corrected chi connectivity index (χ3v) is 5.25. The second kappa shape index (κ2) is 8.90. The highest BCUT2D eigenvalue weighted by Gasteiger charge is 2.29. The van der Waals surface area contributed by atoms with E-state index in [-0.39, 0.29) is 18.2 Å². The lowest BCUT2D eigenvalue weighted by Crippen LogP contribution is -2.38. The molecule has 0 saturated heterocycles. The molecular formula is C24H23F2N3O3. The maximum atomic E-state index is 13.6. The summed E-state index contributed by atoms with van der Waals surface area (Å²) in [5.41, 5.74) is 2.49. The number of pyridine rings is 1. The maximum Gasteiger partial charge on any atom is 0.410 e. The van der Waals surface area contributed by atoms with Gasteiger partial charge in [0.15, 0.2) is 11.6 Å². The SMILES string of the molecule is CC(C)COC(=O)N1CCc2nc3ccccc3c(C(=O)Nc3ccc(F)c(F)c3)c2C1. The quantitative estimate of drug-likeness (QED) is 0.627. The average Bonchev–Trinajstić information content (AvgIpc) is 2.77. The van der Waals surface area contributed by atoms with E-state index in [1.807, 2.05) is 26.0 Å². The number of hydrogen-bond donors (Lipinski definition) is 1. The highest BCUT2D eigenvalue weighted by atomic mass is 19.2. The van der Waals surface area contributed by atoms with Gasteiger partial charge in [-0.2, -0.15) is 0 Å². The van der Waals surface area contributed by atoms with E-state index in [9.17, 15) is 18.4 Å². The van der Waals surface area contributed by atoms with Crippen molar-refractivity contribution in [1.29, 1.82) is 0 Å². The predicted octanol–water partition coefficient (Wildman–Crippen LogP) is 4.92. The number of halogens is 2. The van der Waals surface area contributed by atoms with Gasteiger partial charge in [0.1, 0.15) is 0 Å². The van der Waals surface area contributed by atoms with E-state index in [1.54, 1.807) is 17.0 Å². The van der Waals surface area contributed by atoms with Crippen molar-refractivity contribution < 1.29 is 23.1 Å². The molecule has 0 aliphatic carbocycles. The largest absolute Gasteiger partial charge is 0.449 e. The number of nitrogens with one attached hydrogen (secondary N) is 1. The van der Waals surface area contributed by atoms with Crippen molar-refractivity contribution in [1.82, 2.24) is 9.88 Å².